The minimum atomic E-state index is -0.770. The molecule has 0 saturated carbocycles. The van der Waals surface area contributed by atoms with Gasteiger partial charge in [-0.25, -0.2) is 4.79 Å². The zero-order chi connectivity index (χ0) is 15.2. The molecule has 2 heterocycles. The molecule has 21 heavy (non-hydrogen) atoms. The molecule has 1 aromatic rings. The number of benzene rings is 1. The normalized spacial score (nSPS) is 26.3. The van der Waals surface area contributed by atoms with Crippen molar-refractivity contribution in [2.45, 2.75) is 25.1 Å². The number of hydrogen-bond donors (Lipinski definition) is 1. The molecular weight excluding hydrogens is 336 g/mol. The first-order valence-electron chi connectivity index (χ1n) is 6.56. The number of halogens is 1. The van der Waals surface area contributed by atoms with E-state index >= 15 is 0 Å². The predicted molar refractivity (Wildman–Crippen MR) is 81.2 cm³/mol. The van der Waals surface area contributed by atoms with E-state index in [0.29, 0.717) is 17.9 Å². The first-order valence-corrected chi connectivity index (χ1v) is 7.36. The van der Waals surface area contributed by atoms with E-state index in [9.17, 15) is 4.79 Å². The van der Waals surface area contributed by atoms with Crippen LogP contribution in [0.1, 0.15) is 24.9 Å². The van der Waals surface area contributed by atoms with E-state index in [2.05, 4.69) is 27.2 Å². The lowest BCUT2D eigenvalue weighted by molar-refractivity contribution is -0.0792. The molecule has 0 spiro atoms. The Morgan fingerprint density at radius 1 is 1.67 bits per heavy atom. The van der Waals surface area contributed by atoms with Crippen LogP contribution in [0.5, 0.6) is 11.5 Å². The number of ether oxygens (including phenoxy) is 2. The Bertz CT molecular complexity index is 655. The molecule has 5 nitrogen and oxygen atoms in total. The fourth-order valence-corrected chi connectivity index (χ4v) is 3.38. The van der Waals surface area contributed by atoms with Crippen molar-refractivity contribution in [1.29, 1.82) is 0 Å². The molecule has 2 aliphatic rings. The van der Waals surface area contributed by atoms with E-state index in [1.807, 2.05) is 19.1 Å². The molecule has 0 aromatic heterocycles. The number of rotatable bonds is 2. The summed E-state index contributed by atoms with van der Waals surface area (Å²) in [7, 11) is 1.59. The fraction of sp³-hybridized carbons (Fsp3) is 0.400. The number of fused-ring (bicyclic) bond motifs is 4. The Morgan fingerprint density at radius 3 is 3.10 bits per heavy atom. The summed E-state index contributed by atoms with van der Waals surface area (Å²) in [5.41, 5.74) is 0.139. The van der Waals surface area contributed by atoms with Crippen LogP contribution in [-0.4, -0.2) is 30.3 Å². The maximum atomic E-state index is 12.2. The van der Waals surface area contributed by atoms with Gasteiger partial charge in [0.1, 0.15) is 0 Å². The highest BCUT2D eigenvalue weighted by Gasteiger charge is 2.49. The van der Waals surface area contributed by atoms with Gasteiger partial charge in [0.25, 0.3) is 0 Å². The molecule has 0 aliphatic carbocycles. The number of nitrogens with one attached hydrogen (secondary N) is 1. The van der Waals surface area contributed by atoms with Gasteiger partial charge < -0.3 is 14.8 Å². The SMILES string of the molecule is C#CCN1C(=O)NC2CC1(C)Oc1c(OC)cc(Br)cc12. The molecule has 1 aromatic carbocycles. The number of hydrogen-bond acceptors (Lipinski definition) is 3. The van der Waals surface area contributed by atoms with Gasteiger partial charge in [-0.1, -0.05) is 21.9 Å². The second-order valence-corrected chi connectivity index (χ2v) is 6.22. The lowest BCUT2D eigenvalue weighted by Gasteiger charge is -2.50. The molecule has 2 unspecified atom stereocenters. The maximum Gasteiger partial charge on any atom is 0.321 e. The summed E-state index contributed by atoms with van der Waals surface area (Å²) in [6.45, 7) is 2.07. The molecule has 1 fully saturated rings. The highest BCUT2D eigenvalue weighted by Crippen LogP contribution is 2.49. The zero-order valence-corrected chi connectivity index (χ0v) is 13.4. The third-order valence-electron chi connectivity index (χ3n) is 3.91. The highest BCUT2D eigenvalue weighted by molar-refractivity contribution is 9.10. The van der Waals surface area contributed by atoms with Gasteiger partial charge in [-0.2, -0.15) is 0 Å². The van der Waals surface area contributed by atoms with Gasteiger partial charge in [-0.15, -0.1) is 6.42 Å². The summed E-state index contributed by atoms with van der Waals surface area (Å²) in [6, 6.07) is 3.46. The minimum Gasteiger partial charge on any atom is -0.493 e. The molecule has 3 rings (SSSR count). The van der Waals surface area contributed by atoms with Crippen LogP contribution in [0.4, 0.5) is 4.79 Å². The fourth-order valence-electron chi connectivity index (χ4n) is 2.92. The third kappa shape index (κ3) is 2.12. The Kier molecular flexibility index (Phi) is 3.25. The monoisotopic (exact) mass is 350 g/mol. The summed E-state index contributed by atoms with van der Waals surface area (Å²) in [5.74, 6) is 3.79. The van der Waals surface area contributed by atoms with Crippen LogP contribution in [0.25, 0.3) is 0 Å². The van der Waals surface area contributed by atoms with Gasteiger partial charge in [0.15, 0.2) is 17.2 Å². The van der Waals surface area contributed by atoms with Gasteiger partial charge in [0.05, 0.1) is 19.7 Å². The summed E-state index contributed by atoms with van der Waals surface area (Å²) in [6.07, 6.45) is 5.99. The zero-order valence-electron chi connectivity index (χ0n) is 11.8. The first kappa shape index (κ1) is 14.1. The number of carbonyl (C=O) groups is 1. The van der Waals surface area contributed by atoms with E-state index < -0.39 is 5.72 Å². The molecule has 110 valence electrons. The van der Waals surface area contributed by atoms with Crippen LogP contribution in [0.2, 0.25) is 0 Å². The molecule has 1 N–H and O–H groups in total. The lowest BCUT2D eigenvalue weighted by Crippen LogP contribution is -2.64. The average Bonchev–Trinajstić information content (AvgIpc) is 2.43. The topological polar surface area (TPSA) is 50.8 Å². The maximum absolute atomic E-state index is 12.2. The number of terminal acetylenes is 1. The molecule has 1 saturated heterocycles. The highest BCUT2D eigenvalue weighted by atomic mass is 79.9. The van der Waals surface area contributed by atoms with Gasteiger partial charge in [-0.3, -0.25) is 4.90 Å². The largest absolute Gasteiger partial charge is 0.493 e. The Hall–Kier alpha value is -1.87. The van der Waals surface area contributed by atoms with E-state index in [-0.39, 0.29) is 18.6 Å². The van der Waals surface area contributed by atoms with Crippen molar-refractivity contribution >= 4 is 22.0 Å². The van der Waals surface area contributed by atoms with Gasteiger partial charge in [-0.05, 0) is 19.1 Å². The second kappa shape index (κ2) is 4.85. The van der Waals surface area contributed by atoms with E-state index in [4.69, 9.17) is 15.9 Å². The first-order chi connectivity index (χ1) is 9.98. The van der Waals surface area contributed by atoms with Gasteiger partial charge in [0.2, 0.25) is 0 Å². The summed E-state index contributed by atoms with van der Waals surface area (Å²) in [4.78, 5) is 13.8. The van der Waals surface area contributed by atoms with Crippen LogP contribution in [0.15, 0.2) is 16.6 Å². The number of amides is 2. The molecule has 2 atom stereocenters. The van der Waals surface area contributed by atoms with Gasteiger partial charge >= 0.3 is 6.03 Å². The van der Waals surface area contributed by atoms with Crippen molar-refractivity contribution in [3.05, 3.63) is 22.2 Å². The Morgan fingerprint density at radius 2 is 2.43 bits per heavy atom. The molecule has 2 amide bonds. The van der Waals surface area contributed by atoms with Crippen LogP contribution < -0.4 is 14.8 Å². The summed E-state index contributed by atoms with van der Waals surface area (Å²) in [5, 5.41) is 2.98. The number of methoxy groups -OCH3 is 1. The average molecular weight is 351 g/mol. The third-order valence-corrected chi connectivity index (χ3v) is 4.37. The van der Waals surface area contributed by atoms with Crippen LogP contribution in [0, 0.1) is 12.3 Å². The molecule has 6 heteroatoms. The Labute approximate surface area is 131 Å². The van der Waals surface area contributed by atoms with E-state index in [0.717, 1.165) is 10.0 Å². The van der Waals surface area contributed by atoms with E-state index in [1.165, 1.54) is 4.90 Å². The number of carbonyl (C=O) groups excluding carboxylic acids is 1. The lowest BCUT2D eigenvalue weighted by atomic mass is 9.90. The predicted octanol–water partition coefficient (Wildman–Crippen LogP) is 2.66. The number of urea groups is 1. The van der Waals surface area contributed by atoms with Crippen molar-refractivity contribution in [2.75, 3.05) is 13.7 Å². The van der Waals surface area contributed by atoms with Crippen LogP contribution in [-0.2, 0) is 0 Å². The van der Waals surface area contributed by atoms with Gasteiger partial charge in [0, 0.05) is 16.5 Å². The molecule has 0 radical (unpaired) electrons. The summed E-state index contributed by atoms with van der Waals surface area (Å²) >= 11 is 3.45. The molecule has 2 aliphatic heterocycles. The van der Waals surface area contributed by atoms with Crippen molar-refractivity contribution in [1.82, 2.24) is 10.2 Å². The van der Waals surface area contributed by atoms with Crippen LogP contribution in [0.3, 0.4) is 0 Å². The number of nitrogens with zero attached hydrogens (tertiary/aromatic N) is 1. The van der Waals surface area contributed by atoms with Crippen molar-refractivity contribution in [3.8, 4) is 23.8 Å². The molecular formula is C15H15BrN2O3. The van der Waals surface area contributed by atoms with Crippen molar-refractivity contribution < 1.29 is 14.3 Å². The summed E-state index contributed by atoms with van der Waals surface area (Å²) < 4.78 is 12.4. The minimum absolute atomic E-state index is 0.119. The Balaban J connectivity index is 2.11. The standard InChI is InChI=1S/C15H15BrN2O3/c1-4-5-18-14(19)17-11-8-15(18,2)21-13-10(11)6-9(16)7-12(13)20-3/h1,6-7,11H,5,8H2,2-3H3,(H,17,19). The van der Waals surface area contributed by atoms with Crippen molar-refractivity contribution in [3.63, 3.8) is 0 Å². The van der Waals surface area contributed by atoms with Crippen LogP contribution >= 0.6 is 15.9 Å². The smallest absolute Gasteiger partial charge is 0.321 e. The van der Waals surface area contributed by atoms with E-state index in [1.54, 1.807) is 7.11 Å². The quantitative estimate of drug-likeness (QED) is 0.834. The molecule has 2 bridgehead atoms. The van der Waals surface area contributed by atoms with Crippen molar-refractivity contribution in [2.24, 2.45) is 0 Å². The second-order valence-electron chi connectivity index (χ2n) is 5.30.